The number of furan rings is 1. The Kier molecular flexibility index (Phi) is 5.18. The van der Waals surface area contributed by atoms with Crippen LogP contribution in [0.3, 0.4) is 0 Å². The largest absolute Gasteiger partial charge is 0.488 e. The molecule has 0 aliphatic heterocycles. The quantitative estimate of drug-likeness (QED) is 0.486. The minimum absolute atomic E-state index is 0.406. The summed E-state index contributed by atoms with van der Waals surface area (Å²) in [6.07, 6.45) is 6.23. The van der Waals surface area contributed by atoms with E-state index >= 15 is 0 Å². The average Bonchev–Trinajstić information content (AvgIpc) is 3.00. The zero-order chi connectivity index (χ0) is 18.7. The van der Waals surface area contributed by atoms with Crippen LogP contribution in [0.5, 0.6) is 5.75 Å². The lowest BCUT2D eigenvalue weighted by Crippen LogP contribution is -2.17. The fourth-order valence-electron chi connectivity index (χ4n) is 2.93. The van der Waals surface area contributed by atoms with Crippen LogP contribution >= 0.6 is 0 Å². The van der Waals surface area contributed by atoms with Gasteiger partial charge in [-0.1, -0.05) is 5.57 Å². The molecule has 1 aromatic carbocycles. The van der Waals surface area contributed by atoms with Crippen molar-refractivity contribution < 1.29 is 18.7 Å². The number of allylic oxidation sites excluding steroid dienone is 1. The first-order valence-electron chi connectivity index (χ1n) is 8.78. The maximum atomic E-state index is 11.5. The molecule has 1 N–H and O–H groups in total. The standard InChI is InChI=1S/C21H24O5/c1-14(5-4-10-21(2,3)23)8-11-25-20-15-6-7-19(22)26-18(15)13-17-16(20)9-12-24-17/h6-9,12-13,23H,4-5,10-11H2,1-3H3. The third-order valence-electron chi connectivity index (χ3n) is 4.33. The SMILES string of the molecule is CC(=CCOc1c2ccoc2cc2oc(=O)ccc12)CCCC(C)(C)O. The van der Waals surface area contributed by atoms with E-state index in [1.165, 1.54) is 11.6 Å². The van der Waals surface area contributed by atoms with Gasteiger partial charge in [0.05, 0.1) is 22.6 Å². The van der Waals surface area contributed by atoms with Crippen molar-refractivity contribution in [3.63, 3.8) is 0 Å². The summed E-state index contributed by atoms with van der Waals surface area (Å²) in [5.74, 6) is 0.649. The van der Waals surface area contributed by atoms with E-state index in [9.17, 15) is 9.90 Å². The molecule has 26 heavy (non-hydrogen) atoms. The van der Waals surface area contributed by atoms with Crippen molar-refractivity contribution in [2.24, 2.45) is 0 Å². The molecule has 0 aliphatic rings. The molecule has 3 aromatic rings. The van der Waals surface area contributed by atoms with Crippen molar-refractivity contribution in [3.05, 3.63) is 52.6 Å². The number of ether oxygens (including phenoxy) is 1. The molecular weight excluding hydrogens is 332 g/mol. The van der Waals surface area contributed by atoms with Gasteiger partial charge in [-0.15, -0.1) is 0 Å². The lowest BCUT2D eigenvalue weighted by atomic mass is 9.99. The van der Waals surface area contributed by atoms with Crippen LogP contribution in [0.25, 0.3) is 21.9 Å². The fourth-order valence-corrected chi connectivity index (χ4v) is 2.93. The summed E-state index contributed by atoms with van der Waals surface area (Å²) in [5.41, 5.74) is 1.24. The van der Waals surface area contributed by atoms with E-state index in [0.29, 0.717) is 23.5 Å². The average molecular weight is 356 g/mol. The highest BCUT2D eigenvalue weighted by atomic mass is 16.5. The second kappa shape index (κ2) is 7.38. The number of fused-ring (bicyclic) bond motifs is 2. The Labute approximate surface area is 151 Å². The molecule has 0 fully saturated rings. The minimum atomic E-state index is -0.628. The highest BCUT2D eigenvalue weighted by molar-refractivity contribution is 6.01. The molecule has 5 nitrogen and oxygen atoms in total. The highest BCUT2D eigenvalue weighted by Crippen LogP contribution is 2.35. The van der Waals surface area contributed by atoms with Crippen LogP contribution in [0, 0.1) is 0 Å². The molecule has 0 bridgehead atoms. The highest BCUT2D eigenvalue weighted by Gasteiger charge is 2.13. The van der Waals surface area contributed by atoms with Crippen LogP contribution in [0.4, 0.5) is 0 Å². The molecule has 0 amide bonds. The van der Waals surface area contributed by atoms with Gasteiger partial charge in [-0.3, -0.25) is 0 Å². The molecule has 0 saturated heterocycles. The molecule has 0 spiro atoms. The van der Waals surface area contributed by atoms with Gasteiger partial charge >= 0.3 is 5.63 Å². The number of aliphatic hydroxyl groups is 1. The van der Waals surface area contributed by atoms with Crippen LogP contribution in [0.2, 0.25) is 0 Å². The minimum Gasteiger partial charge on any atom is -0.488 e. The van der Waals surface area contributed by atoms with Crippen LogP contribution in [0.1, 0.15) is 40.0 Å². The van der Waals surface area contributed by atoms with Crippen molar-refractivity contribution in [2.75, 3.05) is 6.61 Å². The van der Waals surface area contributed by atoms with E-state index in [1.54, 1.807) is 18.4 Å². The summed E-state index contributed by atoms with van der Waals surface area (Å²) in [4.78, 5) is 11.5. The molecular formula is C21H24O5. The van der Waals surface area contributed by atoms with Gasteiger partial charge in [0.15, 0.2) is 0 Å². The summed E-state index contributed by atoms with van der Waals surface area (Å²) in [6, 6.07) is 6.65. The number of benzene rings is 1. The summed E-state index contributed by atoms with van der Waals surface area (Å²) >= 11 is 0. The zero-order valence-corrected chi connectivity index (χ0v) is 15.4. The van der Waals surface area contributed by atoms with Crippen molar-refractivity contribution in [1.29, 1.82) is 0 Å². The van der Waals surface area contributed by atoms with Crippen LogP contribution in [-0.2, 0) is 0 Å². The molecule has 3 rings (SSSR count). The first kappa shape index (κ1) is 18.3. The second-order valence-corrected chi connectivity index (χ2v) is 7.23. The predicted molar refractivity (Wildman–Crippen MR) is 102 cm³/mol. The molecule has 0 unspecified atom stereocenters. The summed E-state index contributed by atoms with van der Waals surface area (Å²) in [7, 11) is 0. The van der Waals surface area contributed by atoms with Gasteiger partial charge in [-0.05, 0) is 58.2 Å². The number of hydrogen-bond donors (Lipinski definition) is 1. The summed E-state index contributed by atoms with van der Waals surface area (Å²) in [6.45, 7) is 6.12. The van der Waals surface area contributed by atoms with Crippen molar-refractivity contribution in [2.45, 2.75) is 45.6 Å². The third kappa shape index (κ3) is 4.35. The molecule has 5 heteroatoms. The summed E-state index contributed by atoms with van der Waals surface area (Å²) < 4.78 is 16.7. The van der Waals surface area contributed by atoms with E-state index in [4.69, 9.17) is 13.6 Å². The van der Waals surface area contributed by atoms with Crippen LogP contribution < -0.4 is 10.4 Å². The molecule has 138 valence electrons. The van der Waals surface area contributed by atoms with Crippen molar-refractivity contribution in [1.82, 2.24) is 0 Å². The van der Waals surface area contributed by atoms with Gasteiger partial charge in [0, 0.05) is 12.1 Å². The Morgan fingerprint density at radius 2 is 2.00 bits per heavy atom. The Balaban J connectivity index is 1.76. The molecule has 0 aliphatic carbocycles. The van der Waals surface area contributed by atoms with Gasteiger partial charge in [0.1, 0.15) is 23.5 Å². The second-order valence-electron chi connectivity index (χ2n) is 7.23. The van der Waals surface area contributed by atoms with Gasteiger partial charge in [-0.2, -0.15) is 0 Å². The van der Waals surface area contributed by atoms with E-state index in [-0.39, 0.29) is 0 Å². The monoisotopic (exact) mass is 356 g/mol. The van der Waals surface area contributed by atoms with E-state index in [1.807, 2.05) is 26.0 Å². The van der Waals surface area contributed by atoms with E-state index in [0.717, 1.165) is 30.0 Å². The fraction of sp³-hybridized carbons (Fsp3) is 0.381. The molecule has 0 saturated carbocycles. The van der Waals surface area contributed by atoms with Gasteiger partial charge in [-0.25, -0.2) is 4.79 Å². The Morgan fingerprint density at radius 1 is 1.23 bits per heavy atom. The topological polar surface area (TPSA) is 72.8 Å². The predicted octanol–water partition coefficient (Wildman–Crippen LogP) is 4.81. The normalized spacial score (nSPS) is 12.8. The molecule has 2 heterocycles. The van der Waals surface area contributed by atoms with Crippen LogP contribution in [-0.4, -0.2) is 17.3 Å². The van der Waals surface area contributed by atoms with Gasteiger partial charge in [0.25, 0.3) is 0 Å². The maximum absolute atomic E-state index is 11.5. The van der Waals surface area contributed by atoms with Crippen LogP contribution in [0.15, 0.2) is 55.8 Å². The Bertz CT molecular complexity index is 985. The number of rotatable bonds is 7. The molecule has 0 atom stereocenters. The first-order chi connectivity index (χ1) is 12.3. The van der Waals surface area contributed by atoms with Gasteiger partial charge in [0.2, 0.25) is 0 Å². The van der Waals surface area contributed by atoms with Crippen molar-refractivity contribution in [3.8, 4) is 5.75 Å². The molecule has 2 aromatic heterocycles. The Morgan fingerprint density at radius 3 is 2.77 bits per heavy atom. The Hall–Kier alpha value is -2.53. The van der Waals surface area contributed by atoms with Gasteiger partial charge < -0.3 is 18.7 Å². The third-order valence-corrected chi connectivity index (χ3v) is 4.33. The molecule has 0 radical (unpaired) electrons. The number of hydrogen-bond acceptors (Lipinski definition) is 5. The smallest absolute Gasteiger partial charge is 0.336 e. The van der Waals surface area contributed by atoms with E-state index in [2.05, 4.69) is 6.92 Å². The maximum Gasteiger partial charge on any atom is 0.336 e. The summed E-state index contributed by atoms with van der Waals surface area (Å²) in [5, 5.41) is 11.4. The zero-order valence-electron chi connectivity index (χ0n) is 15.4. The lowest BCUT2D eigenvalue weighted by molar-refractivity contribution is 0.0689. The van der Waals surface area contributed by atoms with Crippen molar-refractivity contribution >= 4 is 21.9 Å². The lowest BCUT2D eigenvalue weighted by Gasteiger charge is -2.16. The first-order valence-corrected chi connectivity index (χ1v) is 8.78. The van der Waals surface area contributed by atoms with E-state index < -0.39 is 11.2 Å².